The van der Waals surface area contributed by atoms with Crippen molar-refractivity contribution in [3.8, 4) is 5.75 Å². The van der Waals surface area contributed by atoms with E-state index in [9.17, 15) is 5.11 Å². The van der Waals surface area contributed by atoms with Gasteiger partial charge in [-0.3, -0.25) is 0 Å². The zero-order chi connectivity index (χ0) is 13.7. The summed E-state index contributed by atoms with van der Waals surface area (Å²) >= 11 is 0. The quantitative estimate of drug-likeness (QED) is 0.855. The van der Waals surface area contributed by atoms with Gasteiger partial charge in [0.1, 0.15) is 5.75 Å². The van der Waals surface area contributed by atoms with Gasteiger partial charge in [-0.25, -0.2) is 0 Å². The highest BCUT2D eigenvalue weighted by Gasteiger charge is 2.19. The number of benzene rings is 1. The molecule has 2 N–H and O–H groups in total. The molecule has 0 atom stereocenters. The van der Waals surface area contributed by atoms with Crippen LogP contribution in [0.4, 0.5) is 5.69 Å². The lowest BCUT2D eigenvalue weighted by Gasteiger charge is -2.27. The van der Waals surface area contributed by atoms with E-state index >= 15 is 0 Å². The SMILES string of the molecule is CC(C)COc1ccccc1NC1CCC(O)CC1. The number of nitrogens with one attached hydrogen (secondary N) is 1. The van der Waals surface area contributed by atoms with E-state index in [1.807, 2.05) is 18.2 Å². The van der Waals surface area contributed by atoms with E-state index < -0.39 is 0 Å². The summed E-state index contributed by atoms with van der Waals surface area (Å²) in [5.41, 5.74) is 1.07. The Hall–Kier alpha value is -1.22. The maximum absolute atomic E-state index is 9.54. The first-order chi connectivity index (χ1) is 9.15. The second kappa shape index (κ2) is 6.80. The average molecular weight is 263 g/mol. The Morgan fingerprint density at radius 1 is 1.21 bits per heavy atom. The number of para-hydroxylation sites is 2. The summed E-state index contributed by atoms with van der Waals surface area (Å²) in [4.78, 5) is 0. The van der Waals surface area contributed by atoms with Crippen LogP contribution in [0.2, 0.25) is 0 Å². The highest BCUT2D eigenvalue weighted by molar-refractivity contribution is 5.56. The highest BCUT2D eigenvalue weighted by atomic mass is 16.5. The predicted molar refractivity (Wildman–Crippen MR) is 78.7 cm³/mol. The number of aliphatic hydroxyl groups is 1. The van der Waals surface area contributed by atoms with E-state index in [1.54, 1.807) is 0 Å². The van der Waals surface area contributed by atoms with Crippen molar-refractivity contribution in [1.82, 2.24) is 0 Å². The number of anilines is 1. The van der Waals surface area contributed by atoms with Gasteiger partial charge in [-0.2, -0.15) is 0 Å². The first-order valence-corrected chi connectivity index (χ1v) is 7.31. The van der Waals surface area contributed by atoms with Crippen molar-refractivity contribution >= 4 is 5.69 Å². The third-order valence-corrected chi connectivity index (χ3v) is 3.52. The second-order valence-corrected chi connectivity index (χ2v) is 5.85. The van der Waals surface area contributed by atoms with E-state index in [4.69, 9.17) is 4.74 Å². The molecule has 0 aliphatic heterocycles. The molecule has 1 fully saturated rings. The van der Waals surface area contributed by atoms with Gasteiger partial charge in [0.2, 0.25) is 0 Å². The van der Waals surface area contributed by atoms with Crippen molar-refractivity contribution in [2.24, 2.45) is 5.92 Å². The van der Waals surface area contributed by atoms with Gasteiger partial charge >= 0.3 is 0 Å². The lowest BCUT2D eigenvalue weighted by atomic mass is 9.93. The zero-order valence-corrected chi connectivity index (χ0v) is 11.9. The standard InChI is InChI=1S/C16H25NO2/c1-12(2)11-19-16-6-4-3-5-15(16)17-13-7-9-14(18)10-8-13/h3-6,12-14,17-18H,7-11H2,1-2H3. The summed E-state index contributed by atoms with van der Waals surface area (Å²) in [5, 5.41) is 13.1. The number of hydrogen-bond donors (Lipinski definition) is 2. The third-order valence-electron chi connectivity index (χ3n) is 3.52. The van der Waals surface area contributed by atoms with E-state index in [0.717, 1.165) is 43.7 Å². The monoisotopic (exact) mass is 263 g/mol. The normalized spacial score (nSPS) is 23.4. The van der Waals surface area contributed by atoms with E-state index in [2.05, 4.69) is 25.2 Å². The van der Waals surface area contributed by atoms with Crippen molar-refractivity contribution in [2.45, 2.75) is 51.7 Å². The van der Waals surface area contributed by atoms with Crippen molar-refractivity contribution < 1.29 is 9.84 Å². The molecule has 0 bridgehead atoms. The molecular weight excluding hydrogens is 238 g/mol. The van der Waals surface area contributed by atoms with Crippen LogP contribution in [-0.4, -0.2) is 23.9 Å². The van der Waals surface area contributed by atoms with E-state index in [0.29, 0.717) is 12.0 Å². The van der Waals surface area contributed by atoms with Crippen LogP contribution in [-0.2, 0) is 0 Å². The first-order valence-electron chi connectivity index (χ1n) is 7.31. The lowest BCUT2D eigenvalue weighted by Crippen LogP contribution is -2.28. The molecule has 0 amide bonds. The van der Waals surface area contributed by atoms with Gasteiger partial charge in [-0.1, -0.05) is 26.0 Å². The number of hydrogen-bond acceptors (Lipinski definition) is 3. The highest BCUT2D eigenvalue weighted by Crippen LogP contribution is 2.28. The van der Waals surface area contributed by atoms with Gasteiger partial charge < -0.3 is 15.2 Å². The first kappa shape index (κ1) is 14.2. The molecule has 1 aliphatic rings. The predicted octanol–water partition coefficient (Wildman–Crippen LogP) is 3.44. The molecule has 0 saturated heterocycles. The maximum Gasteiger partial charge on any atom is 0.142 e. The molecule has 0 spiro atoms. The molecule has 0 unspecified atom stereocenters. The molecule has 106 valence electrons. The molecule has 1 aliphatic carbocycles. The topological polar surface area (TPSA) is 41.5 Å². The van der Waals surface area contributed by atoms with Crippen LogP contribution in [0.1, 0.15) is 39.5 Å². The van der Waals surface area contributed by atoms with Gasteiger partial charge in [-0.05, 0) is 43.7 Å². The molecule has 1 aromatic rings. The fourth-order valence-electron chi connectivity index (χ4n) is 2.41. The summed E-state index contributed by atoms with van der Waals surface area (Å²) in [6.07, 6.45) is 3.74. The average Bonchev–Trinajstić information content (AvgIpc) is 2.40. The summed E-state index contributed by atoms with van der Waals surface area (Å²) in [6, 6.07) is 8.57. The molecule has 2 rings (SSSR count). The minimum absolute atomic E-state index is 0.106. The van der Waals surface area contributed by atoms with Crippen LogP contribution in [0.3, 0.4) is 0 Å². The second-order valence-electron chi connectivity index (χ2n) is 5.85. The molecule has 19 heavy (non-hydrogen) atoms. The molecule has 0 radical (unpaired) electrons. The van der Waals surface area contributed by atoms with E-state index in [1.165, 1.54) is 0 Å². The van der Waals surface area contributed by atoms with Crippen LogP contribution >= 0.6 is 0 Å². The Kier molecular flexibility index (Phi) is 5.08. The fraction of sp³-hybridized carbons (Fsp3) is 0.625. The smallest absolute Gasteiger partial charge is 0.142 e. The molecule has 0 aromatic heterocycles. The van der Waals surface area contributed by atoms with Crippen molar-refractivity contribution in [2.75, 3.05) is 11.9 Å². The van der Waals surface area contributed by atoms with Gasteiger partial charge in [0.05, 0.1) is 18.4 Å². The number of rotatable bonds is 5. The Balaban J connectivity index is 1.95. The molecule has 1 saturated carbocycles. The molecule has 0 heterocycles. The largest absolute Gasteiger partial charge is 0.491 e. The van der Waals surface area contributed by atoms with Crippen LogP contribution in [0.5, 0.6) is 5.75 Å². The maximum atomic E-state index is 9.54. The summed E-state index contributed by atoms with van der Waals surface area (Å²) in [7, 11) is 0. The Bertz CT molecular complexity index is 384. The Labute approximate surface area is 116 Å². The number of ether oxygens (including phenoxy) is 1. The molecular formula is C16H25NO2. The summed E-state index contributed by atoms with van der Waals surface area (Å²) < 4.78 is 5.85. The molecule has 3 nitrogen and oxygen atoms in total. The Morgan fingerprint density at radius 2 is 1.89 bits per heavy atom. The van der Waals surface area contributed by atoms with Crippen LogP contribution in [0.15, 0.2) is 24.3 Å². The van der Waals surface area contributed by atoms with Gasteiger partial charge in [0.15, 0.2) is 0 Å². The van der Waals surface area contributed by atoms with Gasteiger partial charge in [0, 0.05) is 6.04 Å². The zero-order valence-electron chi connectivity index (χ0n) is 11.9. The van der Waals surface area contributed by atoms with Crippen LogP contribution in [0.25, 0.3) is 0 Å². The van der Waals surface area contributed by atoms with Crippen LogP contribution < -0.4 is 10.1 Å². The van der Waals surface area contributed by atoms with Crippen molar-refractivity contribution in [1.29, 1.82) is 0 Å². The summed E-state index contributed by atoms with van der Waals surface area (Å²) in [6.45, 7) is 5.04. The van der Waals surface area contributed by atoms with E-state index in [-0.39, 0.29) is 6.10 Å². The number of aliphatic hydroxyl groups excluding tert-OH is 1. The van der Waals surface area contributed by atoms with Gasteiger partial charge in [-0.15, -0.1) is 0 Å². The lowest BCUT2D eigenvalue weighted by molar-refractivity contribution is 0.126. The molecule has 1 aromatic carbocycles. The summed E-state index contributed by atoms with van der Waals surface area (Å²) in [5.74, 6) is 1.46. The minimum atomic E-state index is -0.106. The third kappa shape index (κ3) is 4.43. The van der Waals surface area contributed by atoms with Crippen LogP contribution in [0, 0.1) is 5.92 Å². The van der Waals surface area contributed by atoms with Crippen molar-refractivity contribution in [3.63, 3.8) is 0 Å². The van der Waals surface area contributed by atoms with Crippen molar-refractivity contribution in [3.05, 3.63) is 24.3 Å². The fourth-order valence-corrected chi connectivity index (χ4v) is 2.41. The van der Waals surface area contributed by atoms with Gasteiger partial charge in [0.25, 0.3) is 0 Å². The minimum Gasteiger partial charge on any atom is -0.491 e. The Morgan fingerprint density at radius 3 is 2.58 bits per heavy atom. The molecule has 3 heteroatoms.